The lowest BCUT2D eigenvalue weighted by molar-refractivity contribution is 0.581. The van der Waals surface area contributed by atoms with Crippen molar-refractivity contribution >= 4 is 0 Å². The van der Waals surface area contributed by atoms with Crippen LogP contribution >= 0.6 is 0 Å². The molecule has 0 amide bonds. The molecule has 1 atom stereocenters. The van der Waals surface area contributed by atoms with Gasteiger partial charge < -0.3 is 5.32 Å². The number of benzene rings is 1. The molecular formula is C13H19N. The lowest BCUT2D eigenvalue weighted by atomic mass is 10.1. The second-order valence-electron chi connectivity index (χ2n) is 3.66. The summed E-state index contributed by atoms with van der Waals surface area (Å²) in [4.78, 5) is 0. The summed E-state index contributed by atoms with van der Waals surface area (Å²) in [6.07, 6.45) is 2.96. The molecule has 0 fully saturated rings. The van der Waals surface area contributed by atoms with Crippen LogP contribution in [0.15, 0.2) is 36.9 Å². The van der Waals surface area contributed by atoms with Gasteiger partial charge in [-0.05, 0) is 32.4 Å². The van der Waals surface area contributed by atoms with Gasteiger partial charge in [0.15, 0.2) is 0 Å². The summed E-state index contributed by atoms with van der Waals surface area (Å²) in [6, 6.07) is 9.10. The quantitative estimate of drug-likeness (QED) is 0.554. The molecular weight excluding hydrogens is 170 g/mol. The van der Waals surface area contributed by atoms with Gasteiger partial charge in [0.1, 0.15) is 0 Å². The highest BCUT2D eigenvalue weighted by molar-refractivity contribution is 5.23. The zero-order valence-electron chi connectivity index (χ0n) is 9.09. The molecule has 1 aromatic rings. The third-order valence-corrected chi connectivity index (χ3v) is 2.38. The predicted molar refractivity (Wildman–Crippen MR) is 62.4 cm³/mol. The topological polar surface area (TPSA) is 12.0 Å². The summed E-state index contributed by atoms with van der Waals surface area (Å²) >= 11 is 0. The highest BCUT2D eigenvalue weighted by atomic mass is 14.9. The van der Waals surface area contributed by atoms with Crippen LogP contribution in [0.5, 0.6) is 0 Å². The van der Waals surface area contributed by atoms with E-state index in [1.165, 1.54) is 11.1 Å². The Balaban J connectivity index is 2.47. The van der Waals surface area contributed by atoms with Crippen molar-refractivity contribution in [3.05, 3.63) is 48.0 Å². The highest BCUT2D eigenvalue weighted by Crippen LogP contribution is 2.12. The van der Waals surface area contributed by atoms with Crippen molar-refractivity contribution in [2.24, 2.45) is 0 Å². The van der Waals surface area contributed by atoms with Crippen molar-refractivity contribution in [1.82, 2.24) is 5.32 Å². The van der Waals surface area contributed by atoms with Crippen LogP contribution in [0.4, 0.5) is 0 Å². The van der Waals surface area contributed by atoms with Crippen LogP contribution in [-0.4, -0.2) is 6.54 Å². The average Bonchev–Trinajstić information content (AvgIpc) is 2.19. The second kappa shape index (κ2) is 5.61. The molecule has 0 bridgehead atoms. The van der Waals surface area contributed by atoms with Gasteiger partial charge in [-0.1, -0.05) is 35.9 Å². The van der Waals surface area contributed by atoms with E-state index in [1.807, 2.05) is 6.08 Å². The second-order valence-corrected chi connectivity index (χ2v) is 3.66. The van der Waals surface area contributed by atoms with E-state index < -0.39 is 0 Å². The molecule has 0 spiro atoms. The minimum atomic E-state index is 0.426. The fourth-order valence-electron chi connectivity index (χ4n) is 1.37. The molecule has 0 saturated carbocycles. The van der Waals surface area contributed by atoms with E-state index in [2.05, 4.69) is 50.0 Å². The molecule has 0 aliphatic rings. The van der Waals surface area contributed by atoms with Gasteiger partial charge in [0, 0.05) is 6.04 Å². The first-order valence-electron chi connectivity index (χ1n) is 5.15. The zero-order chi connectivity index (χ0) is 10.4. The van der Waals surface area contributed by atoms with Crippen molar-refractivity contribution in [2.75, 3.05) is 6.54 Å². The van der Waals surface area contributed by atoms with E-state index in [4.69, 9.17) is 0 Å². The Bertz CT molecular complexity index is 274. The molecule has 0 aliphatic carbocycles. The molecule has 0 heterocycles. The number of hydrogen-bond donors (Lipinski definition) is 1. The van der Waals surface area contributed by atoms with E-state index >= 15 is 0 Å². The summed E-state index contributed by atoms with van der Waals surface area (Å²) in [5.41, 5.74) is 2.66. The predicted octanol–water partition coefficient (Wildman–Crippen LogP) is 3.22. The Hall–Kier alpha value is -1.08. The molecule has 14 heavy (non-hydrogen) atoms. The molecule has 0 aliphatic heterocycles. The minimum absolute atomic E-state index is 0.426. The third-order valence-electron chi connectivity index (χ3n) is 2.38. The molecule has 76 valence electrons. The largest absolute Gasteiger partial charge is 0.310 e. The maximum atomic E-state index is 3.70. The van der Waals surface area contributed by atoms with E-state index in [0.717, 1.165) is 13.0 Å². The Morgan fingerprint density at radius 2 is 2.00 bits per heavy atom. The zero-order valence-corrected chi connectivity index (χ0v) is 9.09. The molecule has 1 nitrogen and oxygen atoms in total. The van der Waals surface area contributed by atoms with Gasteiger partial charge in [-0.15, -0.1) is 6.58 Å². The SMILES string of the molecule is C=CCCN[C@H](C)c1ccc(C)cc1. The van der Waals surface area contributed by atoms with Crippen LogP contribution < -0.4 is 5.32 Å². The lowest BCUT2D eigenvalue weighted by Gasteiger charge is -2.13. The van der Waals surface area contributed by atoms with Crippen molar-refractivity contribution in [3.8, 4) is 0 Å². The van der Waals surface area contributed by atoms with Gasteiger partial charge in [0.2, 0.25) is 0 Å². The van der Waals surface area contributed by atoms with Gasteiger partial charge in [-0.3, -0.25) is 0 Å². The van der Waals surface area contributed by atoms with E-state index in [0.29, 0.717) is 6.04 Å². The smallest absolute Gasteiger partial charge is 0.0291 e. The van der Waals surface area contributed by atoms with Crippen LogP contribution in [0.3, 0.4) is 0 Å². The molecule has 1 heteroatoms. The van der Waals surface area contributed by atoms with Crippen molar-refractivity contribution in [1.29, 1.82) is 0 Å². The first kappa shape index (κ1) is 11.0. The fourth-order valence-corrected chi connectivity index (χ4v) is 1.37. The normalized spacial score (nSPS) is 12.4. The number of rotatable bonds is 5. The van der Waals surface area contributed by atoms with Crippen molar-refractivity contribution < 1.29 is 0 Å². The monoisotopic (exact) mass is 189 g/mol. The summed E-state index contributed by atoms with van der Waals surface area (Å²) in [5.74, 6) is 0. The van der Waals surface area contributed by atoms with Crippen LogP contribution in [0.1, 0.15) is 30.5 Å². The van der Waals surface area contributed by atoms with Gasteiger partial charge >= 0.3 is 0 Å². The number of hydrogen-bond acceptors (Lipinski definition) is 1. The summed E-state index contributed by atoms with van der Waals surface area (Å²) in [6.45, 7) is 9.00. The van der Waals surface area contributed by atoms with E-state index in [9.17, 15) is 0 Å². The standard InChI is InChI=1S/C13H19N/c1-4-5-10-14-12(3)13-8-6-11(2)7-9-13/h4,6-9,12,14H,1,5,10H2,2-3H3/t12-/m1/s1. The number of nitrogens with one attached hydrogen (secondary N) is 1. The van der Waals surface area contributed by atoms with E-state index in [-0.39, 0.29) is 0 Å². The molecule has 0 aromatic heterocycles. The van der Waals surface area contributed by atoms with Gasteiger partial charge in [0.25, 0.3) is 0 Å². The maximum absolute atomic E-state index is 3.70. The van der Waals surface area contributed by atoms with Gasteiger partial charge in [0.05, 0.1) is 0 Å². The molecule has 1 N–H and O–H groups in total. The van der Waals surface area contributed by atoms with Crippen molar-refractivity contribution in [3.63, 3.8) is 0 Å². The maximum Gasteiger partial charge on any atom is 0.0291 e. The average molecular weight is 189 g/mol. The Kier molecular flexibility index (Phi) is 4.41. The van der Waals surface area contributed by atoms with Crippen LogP contribution in [0.2, 0.25) is 0 Å². The molecule has 0 unspecified atom stereocenters. The van der Waals surface area contributed by atoms with Crippen LogP contribution in [0.25, 0.3) is 0 Å². The van der Waals surface area contributed by atoms with Gasteiger partial charge in [-0.25, -0.2) is 0 Å². The van der Waals surface area contributed by atoms with Gasteiger partial charge in [-0.2, -0.15) is 0 Å². The van der Waals surface area contributed by atoms with Crippen LogP contribution in [-0.2, 0) is 0 Å². The van der Waals surface area contributed by atoms with E-state index in [1.54, 1.807) is 0 Å². The molecule has 1 rings (SSSR count). The fraction of sp³-hybridized carbons (Fsp3) is 0.385. The minimum Gasteiger partial charge on any atom is -0.310 e. The summed E-state index contributed by atoms with van der Waals surface area (Å²) in [7, 11) is 0. The summed E-state index contributed by atoms with van der Waals surface area (Å²) < 4.78 is 0. The Morgan fingerprint density at radius 3 is 2.57 bits per heavy atom. The van der Waals surface area contributed by atoms with Crippen LogP contribution in [0, 0.1) is 6.92 Å². The highest BCUT2D eigenvalue weighted by Gasteiger charge is 2.02. The molecule has 0 saturated heterocycles. The molecule has 1 aromatic carbocycles. The first-order chi connectivity index (χ1) is 6.74. The number of aryl methyl sites for hydroxylation is 1. The molecule has 0 radical (unpaired) electrons. The Labute approximate surface area is 86.8 Å². The third kappa shape index (κ3) is 3.35. The Morgan fingerprint density at radius 1 is 1.36 bits per heavy atom. The summed E-state index contributed by atoms with van der Waals surface area (Å²) in [5, 5.41) is 3.45. The lowest BCUT2D eigenvalue weighted by Crippen LogP contribution is -2.19. The van der Waals surface area contributed by atoms with Crippen molar-refractivity contribution in [2.45, 2.75) is 26.3 Å². The first-order valence-corrected chi connectivity index (χ1v) is 5.15.